The first kappa shape index (κ1) is 21.9. The summed E-state index contributed by atoms with van der Waals surface area (Å²) in [5.74, 6) is -0.0129. The summed E-state index contributed by atoms with van der Waals surface area (Å²) in [6, 6.07) is 7.93. The maximum Gasteiger partial charge on any atom is 0.255 e. The normalized spacial score (nSPS) is 21.3. The molecule has 1 aromatic carbocycles. The molecule has 28 heavy (non-hydrogen) atoms. The SMILES string of the molecule is CNC1CCCC(C(=C/N)/C=C(\C=O)NC(=O)c2ccc(C(C)(C)C)cc2)C1. The molecular weight excluding hydrogens is 350 g/mol. The Morgan fingerprint density at radius 1 is 1.18 bits per heavy atom. The van der Waals surface area contributed by atoms with Gasteiger partial charge in [-0.25, -0.2) is 0 Å². The first-order chi connectivity index (χ1) is 13.3. The summed E-state index contributed by atoms with van der Waals surface area (Å²) in [6.45, 7) is 6.37. The number of amides is 1. The molecule has 5 nitrogen and oxygen atoms in total. The molecule has 0 radical (unpaired) electrons. The molecule has 1 aliphatic carbocycles. The zero-order valence-corrected chi connectivity index (χ0v) is 17.4. The van der Waals surface area contributed by atoms with Crippen LogP contribution >= 0.6 is 0 Å². The van der Waals surface area contributed by atoms with E-state index in [1.807, 2.05) is 19.2 Å². The van der Waals surface area contributed by atoms with E-state index in [0.717, 1.165) is 36.8 Å². The van der Waals surface area contributed by atoms with E-state index in [-0.39, 0.29) is 22.9 Å². The molecule has 1 amide bonds. The van der Waals surface area contributed by atoms with Gasteiger partial charge in [0.05, 0.1) is 5.70 Å². The maximum absolute atomic E-state index is 12.5. The van der Waals surface area contributed by atoms with E-state index in [1.165, 1.54) is 0 Å². The van der Waals surface area contributed by atoms with E-state index < -0.39 is 0 Å². The van der Waals surface area contributed by atoms with Crippen molar-refractivity contribution in [1.29, 1.82) is 0 Å². The van der Waals surface area contributed by atoms with Crippen molar-refractivity contribution in [2.45, 2.75) is 57.9 Å². The van der Waals surface area contributed by atoms with Gasteiger partial charge < -0.3 is 16.4 Å². The zero-order chi connectivity index (χ0) is 20.7. The monoisotopic (exact) mass is 383 g/mol. The molecule has 1 fully saturated rings. The van der Waals surface area contributed by atoms with Crippen molar-refractivity contribution in [3.63, 3.8) is 0 Å². The molecule has 1 saturated carbocycles. The van der Waals surface area contributed by atoms with Crippen LogP contribution in [0.2, 0.25) is 0 Å². The number of allylic oxidation sites excluding steroid dienone is 3. The third-order valence-corrected chi connectivity index (χ3v) is 5.47. The van der Waals surface area contributed by atoms with Crippen molar-refractivity contribution in [1.82, 2.24) is 10.6 Å². The number of nitrogens with two attached hydrogens (primary N) is 1. The number of nitrogens with one attached hydrogen (secondary N) is 2. The van der Waals surface area contributed by atoms with Crippen molar-refractivity contribution in [2.75, 3.05) is 7.05 Å². The minimum atomic E-state index is -0.299. The van der Waals surface area contributed by atoms with Crippen LogP contribution < -0.4 is 16.4 Å². The molecule has 2 unspecified atom stereocenters. The lowest BCUT2D eigenvalue weighted by Gasteiger charge is -2.29. The first-order valence-corrected chi connectivity index (χ1v) is 9.96. The molecule has 1 aromatic rings. The van der Waals surface area contributed by atoms with Gasteiger partial charge in [0.15, 0.2) is 6.29 Å². The van der Waals surface area contributed by atoms with Crippen LogP contribution in [0.1, 0.15) is 62.4 Å². The summed E-state index contributed by atoms with van der Waals surface area (Å²) in [7, 11) is 1.97. The smallest absolute Gasteiger partial charge is 0.255 e. The highest BCUT2D eigenvalue weighted by molar-refractivity contribution is 5.98. The molecular formula is C23H33N3O2. The number of rotatable bonds is 6. The molecule has 5 heteroatoms. The standard InChI is InChI=1S/C23H33N3O2/c1-23(2,3)19-10-8-16(9-11-19)22(28)26-21(15-27)13-18(14-24)17-6-5-7-20(12-17)25-4/h8-11,13-15,17,20,25H,5-7,12,24H2,1-4H3,(H,26,28)/b18-14+,21-13+. The fourth-order valence-corrected chi connectivity index (χ4v) is 3.66. The number of hydrogen-bond donors (Lipinski definition) is 3. The highest BCUT2D eigenvalue weighted by atomic mass is 16.2. The number of hydrogen-bond acceptors (Lipinski definition) is 4. The van der Waals surface area contributed by atoms with Crippen LogP contribution in [0, 0.1) is 5.92 Å². The molecule has 0 heterocycles. The van der Waals surface area contributed by atoms with Crippen LogP contribution in [0.3, 0.4) is 0 Å². The van der Waals surface area contributed by atoms with Crippen molar-refractivity contribution in [2.24, 2.45) is 11.7 Å². The predicted octanol–water partition coefficient (Wildman–Crippen LogP) is 3.42. The van der Waals surface area contributed by atoms with Gasteiger partial charge in [-0.1, -0.05) is 39.3 Å². The Bertz CT molecular complexity index is 742. The number of carbonyl (C=O) groups is 2. The van der Waals surface area contributed by atoms with Crippen LogP contribution in [-0.4, -0.2) is 25.3 Å². The molecule has 2 rings (SSSR count). The molecule has 2 atom stereocenters. The summed E-state index contributed by atoms with van der Waals surface area (Å²) in [4.78, 5) is 24.1. The average molecular weight is 384 g/mol. The number of carbonyl (C=O) groups excluding carboxylic acids is 2. The van der Waals surface area contributed by atoms with Crippen LogP contribution in [-0.2, 0) is 10.2 Å². The summed E-state index contributed by atoms with van der Waals surface area (Å²) in [6.07, 6.45) is 8.20. The molecule has 0 aliphatic heterocycles. The number of benzene rings is 1. The Hall–Kier alpha value is -2.40. The topological polar surface area (TPSA) is 84.2 Å². The zero-order valence-electron chi connectivity index (χ0n) is 17.4. The van der Waals surface area contributed by atoms with Crippen LogP contribution in [0.5, 0.6) is 0 Å². The van der Waals surface area contributed by atoms with Crippen LogP contribution in [0.15, 0.2) is 47.8 Å². The summed E-state index contributed by atoms with van der Waals surface area (Å²) < 4.78 is 0. The van der Waals surface area contributed by atoms with Gasteiger partial charge in [-0.3, -0.25) is 9.59 Å². The number of aldehydes is 1. The van der Waals surface area contributed by atoms with Crippen LogP contribution in [0.4, 0.5) is 0 Å². The minimum Gasteiger partial charge on any atom is -0.404 e. The first-order valence-electron chi connectivity index (χ1n) is 9.96. The Kier molecular flexibility index (Phi) is 7.58. The quantitative estimate of drug-likeness (QED) is 0.399. The van der Waals surface area contributed by atoms with Gasteiger partial charge in [0.2, 0.25) is 0 Å². The van der Waals surface area contributed by atoms with Gasteiger partial charge in [0, 0.05) is 11.6 Å². The largest absolute Gasteiger partial charge is 0.404 e. The molecule has 152 valence electrons. The highest BCUT2D eigenvalue weighted by Gasteiger charge is 2.23. The second-order valence-electron chi connectivity index (χ2n) is 8.51. The van der Waals surface area contributed by atoms with Gasteiger partial charge in [0.25, 0.3) is 5.91 Å². The van der Waals surface area contributed by atoms with E-state index in [0.29, 0.717) is 17.9 Å². The average Bonchev–Trinajstić information content (AvgIpc) is 2.70. The van der Waals surface area contributed by atoms with Crippen molar-refractivity contribution >= 4 is 12.2 Å². The maximum atomic E-state index is 12.5. The highest BCUT2D eigenvalue weighted by Crippen LogP contribution is 2.30. The molecule has 4 N–H and O–H groups in total. The van der Waals surface area contributed by atoms with E-state index in [1.54, 1.807) is 24.4 Å². The van der Waals surface area contributed by atoms with Crippen LogP contribution in [0.25, 0.3) is 0 Å². The lowest BCUT2D eigenvalue weighted by Crippen LogP contribution is -2.32. The van der Waals surface area contributed by atoms with E-state index >= 15 is 0 Å². The van der Waals surface area contributed by atoms with E-state index in [2.05, 4.69) is 31.4 Å². The van der Waals surface area contributed by atoms with Gasteiger partial charge in [-0.05, 0) is 73.2 Å². The fourth-order valence-electron chi connectivity index (χ4n) is 3.66. The lowest BCUT2D eigenvalue weighted by atomic mass is 9.81. The van der Waals surface area contributed by atoms with Gasteiger partial charge in [0.1, 0.15) is 0 Å². The Morgan fingerprint density at radius 3 is 2.39 bits per heavy atom. The third-order valence-electron chi connectivity index (χ3n) is 5.47. The molecule has 0 saturated heterocycles. The van der Waals surface area contributed by atoms with Crippen molar-refractivity contribution in [3.8, 4) is 0 Å². The van der Waals surface area contributed by atoms with Gasteiger partial charge >= 0.3 is 0 Å². The molecule has 1 aliphatic rings. The van der Waals surface area contributed by atoms with E-state index in [9.17, 15) is 9.59 Å². The fraction of sp³-hybridized carbons (Fsp3) is 0.478. The lowest BCUT2D eigenvalue weighted by molar-refractivity contribution is -0.105. The minimum absolute atomic E-state index is 0.0227. The van der Waals surface area contributed by atoms with Crippen molar-refractivity contribution in [3.05, 3.63) is 58.9 Å². The molecule has 0 aromatic heterocycles. The third kappa shape index (κ3) is 5.80. The molecule has 0 spiro atoms. The van der Waals surface area contributed by atoms with Crippen molar-refractivity contribution < 1.29 is 9.59 Å². The second-order valence-corrected chi connectivity index (χ2v) is 8.51. The Balaban J connectivity index is 2.11. The summed E-state index contributed by atoms with van der Waals surface area (Å²) >= 11 is 0. The molecule has 0 bridgehead atoms. The predicted molar refractivity (Wildman–Crippen MR) is 114 cm³/mol. The Labute approximate surface area is 168 Å². The van der Waals surface area contributed by atoms with E-state index in [4.69, 9.17) is 5.73 Å². The van der Waals surface area contributed by atoms with Gasteiger partial charge in [-0.2, -0.15) is 0 Å². The Morgan fingerprint density at radius 2 is 1.86 bits per heavy atom. The van der Waals surface area contributed by atoms with Gasteiger partial charge in [-0.15, -0.1) is 0 Å². The second kappa shape index (κ2) is 9.69. The summed E-state index contributed by atoms with van der Waals surface area (Å²) in [5, 5.41) is 6.03. The summed E-state index contributed by atoms with van der Waals surface area (Å²) in [5.41, 5.74) is 8.66.